The molecule has 4 aromatic rings. The summed E-state index contributed by atoms with van der Waals surface area (Å²) in [6, 6.07) is 20.5. The number of fused-ring (bicyclic) bond motifs is 1. The van der Waals surface area contributed by atoms with Gasteiger partial charge in [0.05, 0.1) is 0 Å². The van der Waals surface area contributed by atoms with Crippen LogP contribution in [0.15, 0.2) is 70.6 Å². The summed E-state index contributed by atoms with van der Waals surface area (Å²) in [7, 11) is 0. The second-order valence-corrected chi connectivity index (χ2v) is 6.85. The zero-order chi connectivity index (χ0) is 16.5. The Morgan fingerprint density at radius 1 is 0.833 bits per heavy atom. The molecule has 0 fully saturated rings. The van der Waals surface area contributed by atoms with Crippen molar-refractivity contribution in [2.45, 2.75) is 23.8 Å². The average molecular weight is 332 g/mol. The van der Waals surface area contributed by atoms with Crippen molar-refractivity contribution in [3.63, 3.8) is 0 Å². The minimum absolute atomic E-state index is 0.749. The van der Waals surface area contributed by atoms with Gasteiger partial charge in [-0.1, -0.05) is 48.2 Å². The molecular weight excluding hydrogens is 316 g/mol. The summed E-state index contributed by atoms with van der Waals surface area (Å²) < 4.78 is 1.81. The molecule has 0 unspecified atom stereocenters. The van der Waals surface area contributed by atoms with E-state index < -0.39 is 0 Å². The highest BCUT2D eigenvalue weighted by molar-refractivity contribution is 7.99. The zero-order valence-electron chi connectivity index (χ0n) is 13.5. The molecular formula is C19H16N4S. The lowest BCUT2D eigenvalue weighted by Crippen LogP contribution is -1.96. The van der Waals surface area contributed by atoms with Gasteiger partial charge in [-0.05, 0) is 49.2 Å². The Kier molecular flexibility index (Phi) is 3.78. The van der Waals surface area contributed by atoms with Crippen LogP contribution in [0.5, 0.6) is 0 Å². The molecule has 2 aromatic carbocycles. The highest BCUT2D eigenvalue weighted by atomic mass is 32.2. The molecule has 0 spiro atoms. The smallest absolute Gasteiger partial charge is 0.185 e. The van der Waals surface area contributed by atoms with Crippen LogP contribution in [0.4, 0.5) is 0 Å². The number of rotatable bonds is 3. The summed E-state index contributed by atoms with van der Waals surface area (Å²) >= 11 is 1.65. The molecule has 5 heteroatoms. The van der Waals surface area contributed by atoms with E-state index >= 15 is 0 Å². The number of aromatic nitrogens is 4. The number of hydrogen-bond donors (Lipinski definition) is 0. The minimum Gasteiger partial charge on any atom is -0.192 e. The number of hydrogen-bond acceptors (Lipinski definition) is 4. The molecule has 118 valence electrons. The predicted molar refractivity (Wildman–Crippen MR) is 96.3 cm³/mol. The van der Waals surface area contributed by atoms with Crippen molar-refractivity contribution in [1.29, 1.82) is 0 Å². The van der Waals surface area contributed by atoms with Crippen molar-refractivity contribution in [2.24, 2.45) is 0 Å². The third-order valence-corrected chi connectivity index (χ3v) is 4.59. The van der Waals surface area contributed by atoms with Gasteiger partial charge in [-0.2, -0.15) is 9.61 Å². The van der Waals surface area contributed by atoms with Crippen molar-refractivity contribution >= 4 is 17.4 Å². The standard InChI is InChI=1S/C19H16N4S/c1-13-10-14(2)12-16(11-13)24-18-9-8-17-20-21-19(23(17)22-18)15-6-4-3-5-7-15/h3-12H,1-2H3. The first-order valence-electron chi connectivity index (χ1n) is 7.73. The van der Waals surface area contributed by atoms with Crippen LogP contribution in [0.3, 0.4) is 0 Å². The van der Waals surface area contributed by atoms with Gasteiger partial charge in [0.15, 0.2) is 11.5 Å². The van der Waals surface area contributed by atoms with Gasteiger partial charge in [0.2, 0.25) is 0 Å². The van der Waals surface area contributed by atoms with Gasteiger partial charge in [0, 0.05) is 10.5 Å². The minimum atomic E-state index is 0.749. The van der Waals surface area contributed by atoms with E-state index in [9.17, 15) is 0 Å². The van der Waals surface area contributed by atoms with E-state index in [1.54, 1.807) is 16.3 Å². The van der Waals surface area contributed by atoms with E-state index in [4.69, 9.17) is 5.10 Å². The molecule has 2 aromatic heterocycles. The van der Waals surface area contributed by atoms with Crippen LogP contribution in [-0.4, -0.2) is 19.8 Å². The van der Waals surface area contributed by atoms with Crippen LogP contribution in [0.1, 0.15) is 11.1 Å². The summed E-state index contributed by atoms with van der Waals surface area (Å²) in [5.41, 5.74) is 4.27. The number of nitrogens with zero attached hydrogens (tertiary/aromatic N) is 4. The number of aryl methyl sites for hydroxylation is 2. The largest absolute Gasteiger partial charge is 0.192 e. The summed E-state index contributed by atoms with van der Waals surface area (Å²) in [4.78, 5) is 1.19. The highest BCUT2D eigenvalue weighted by Crippen LogP contribution is 2.28. The number of benzene rings is 2. The van der Waals surface area contributed by atoms with Crippen LogP contribution in [0.25, 0.3) is 17.0 Å². The van der Waals surface area contributed by atoms with Crippen molar-refractivity contribution in [2.75, 3.05) is 0 Å². The summed E-state index contributed by atoms with van der Waals surface area (Å²) in [5.74, 6) is 0.758. The van der Waals surface area contributed by atoms with Gasteiger partial charge >= 0.3 is 0 Å². The van der Waals surface area contributed by atoms with Gasteiger partial charge in [0.1, 0.15) is 5.03 Å². The molecule has 0 radical (unpaired) electrons. The average Bonchev–Trinajstić information content (AvgIpc) is 2.98. The highest BCUT2D eigenvalue weighted by Gasteiger charge is 2.10. The fourth-order valence-electron chi connectivity index (χ4n) is 2.71. The Morgan fingerprint density at radius 2 is 1.58 bits per heavy atom. The molecule has 24 heavy (non-hydrogen) atoms. The van der Waals surface area contributed by atoms with Gasteiger partial charge in [0.25, 0.3) is 0 Å². The molecule has 0 atom stereocenters. The van der Waals surface area contributed by atoms with E-state index in [2.05, 4.69) is 42.2 Å². The second-order valence-electron chi connectivity index (χ2n) is 5.76. The Hall–Kier alpha value is -2.66. The van der Waals surface area contributed by atoms with Crippen LogP contribution in [0, 0.1) is 13.8 Å². The molecule has 0 N–H and O–H groups in total. The quantitative estimate of drug-likeness (QED) is 0.551. The topological polar surface area (TPSA) is 43.1 Å². The van der Waals surface area contributed by atoms with E-state index in [1.165, 1.54) is 16.0 Å². The normalized spacial score (nSPS) is 11.1. The molecule has 2 heterocycles. The molecule has 0 bridgehead atoms. The first-order valence-corrected chi connectivity index (χ1v) is 8.55. The fraction of sp³-hybridized carbons (Fsp3) is 0.105. The van der Waals surface area contributed by atoms with Crippen molar-refractivity contribution in [3.8, 4) is 11.4 Å². The molecule has 0 aliphatic rings. The van der Waals surface area contributed by atoms with Crippen LogP contribution in [-0.2, 0) is 0 Å². The molecule has 0 aliphatic carbocycles. The summed E-state index contributed by atoms with van der Waals surface area (Å²) in [6.07, 6.45) is 0. The molecule has 4 rings (SSSR count). The third-order valence-electron chi connectivity index (χ3n) is 3.69. The molecule has 0 amide bonds. The maximum absolute atomic E-state index is 4.72. The lowest BCUT2D eigenvalue weighted by Gasteiger charge is -2.05. The lowest BCUT2D eigenvalue weighted by atomic mass is 10.2. The van der Waals surface area contributed by atoms with E-state index in [1.807, 2.05) is 42.5 Å². The van der Waals surface area contributed by atoms with Gasteiger partial charge in [-0.25, -0.2) is 0 Å². The van der Waals surface area contributed by atoms with E-state index in [-0.39, 0.29) is 0 Å². The lowest BCUT2D eigenvalue weighted by molar-refractivity contribution is 0.860. The van der Waals surface area contributed by atoms with Crippen molar-refractivity contribution in [3.05, 3.63) is 71.8 Å². The predicted octanol–water partition coefficient (Wildman–Crippen LogP) is 4.56. The maximum atomic E-state index is 4.72. The fourth-order valence-corrected chi connectivity index (χ4v) is 3.70. The zero-order valence-corrected chi connectivity index (χ0v) is 14.3. The Balaban J connectivity index is 1.75. The summed E-state index contributed by atoms with van der Waals surface area (Å²) in [6.45, 7) is 4.22. The van der Waals surface area contributed by atoms with Gasteiger partial charge in [-0.15, -0.1) is 10.2 Å². The van der Waals surface area contributed by atoms with Crippen molar-refractivity contribution < 1.29 is 0 Å². The Labute approximate surface area is 144 Å². The second kappa shape index (κ2) is 6.09. The molecule has 4 nitrogen and oxygen atoms in total. The van der Waals surface area contributed by atoms with Gasteiger partial charge in [-0.3, -0.25) is 0 Å². The van der Waals surface area contributed by atoms with Crippen LogP contribution in [0.2, 0.25) is 0 Å². The maximum Gasteiger partial charge on any atom is 0.185 e. The Bertz CT molecular complexity index is 988. The van der Waals surface area contributed by atoms with E-state index in [0.717, 1.165) is 22.1 Å². The van der Waals surface area contributed by atoms with E-state index in [0.29, 0.717) is 0 Å². The van der Waals surface area contributed by atoms with Crippen LogP contribution >= 0.6 is 11.8 Å². The molecule has 0 aliphatic heterocycles. The molecule has 0 saturated carbocycles. The first-order chi connectivity index (χ1) is 11.7. The van der Waals surface area contributed by atoms with Crippen LogP contribution < -0.4 is 0 Å². The SMILES string of the molecule is Cc1cc(C)cc(Sc2ccc3nnc(-c4ccccc4)n3n2)c1. The monoisotopic (exact) mass is 332 g/mol. The van der Waals surface area contributed by atoms with Gasteiger partial charge < -0.3 is 0 Å². The third kappa shape index (κ3) is 2.90. The Morgan fingerprint density at radius 3 is 2.33 bits per heavy atom. The summed E-state index contributed by atoms with van der Waals surface area (Å²) in [5, 5.41) is 14.1. The molecule has 0 saturated heterocycles. The first kappa shape index (κ1) is 14.9. The van der Waals surface area contributed by atoms with Crippen molar-refractivity contribution in [1.82, 2.24) is 19.8 Å².